The summed E-state index contributed by atoms with van der Waals surface area (Å²) in [5.74, 6) is 0.652. The fourth-order valence-corrected chi connectivity index (χ4v) is 1.05. The highest BCUT2D eigenvalue weighted by Gasteiger charge is 2.21. The van der Waals surface area contributed by atoms with Crippen LogP contribution in [0.15, 0.2) is 12.1 Å². The van der Waals surface area contributed by atoms with Crippen molar-refractivity contribution in [2.24, 2.45) is 5.41 Å². The number of aryl methyl sites for hydroxylation is 2. The second-order valence-electron chi connectivity index (χ2n) is 4.82. The molecular formula is C12H18N2O. The zero-order valence-electron chi connectivity index (χ0n) is 10.0. The summed E-state index contributed by atoms with van der Waals surface area (Å²) in [5.41, 5.74) is 1.50. The number of hydrogen-bond donors (Lipinski definition) is 1. The van der Waals surface area contributed by atoms with E-state index in [1.54, 1.807) is 0 Å². The van der Waals surface area contributed by atoms with Gasteiger partial charge in [-0.3, -0.25) is 4.79 Å². The molecule has 1 amide bonds. The molecule has 1 N–H and O–H groups in total. The molecule has 0 saturated carbocycles. The van der Waals surface area contributed by atoms with Crippen LogP contribution in [0.2, 0.25) is 0 Å². The van der Waals surface area contributed by atoms with Gasteiger partial charge in [-0.25, -0.2) is 4.98 Å². The van der Waals surface area contributed by atoms with Gasteiger partial charge in [0.1, 0.15) is 5.82 Å². The molecule has 0 spiro atoms. The van der Waals surface area contributed by atoms with Gasteiger partial charge >= 0.3 is 0 Å². The van der Waals surface area contributed by atoms with Crippen LogP contribution in [-0.4, -0.2) is 10.9 Å². The van der Waals surface area contributed by atoms with E-state index in [1.165, 1.54) is 0 Å². The first-order valence-corrected chi connectivity index (χ1v) is 5.06. The van der Waals surface area contributed by atoms with Gasteiger partial charge in [-0.15, -0.1) is 0 Å². The standard InChI is InChI=1S/C12H18N2O/c1-8-6-7-9(2)13-10(8)14-11(15)12(3,4)5/h6-7H,1-5H3,(H,13,14,15). The van der Waals surface area contributed by atoms with Gasteiger partial charge in [0.15, 0.2) is 0 Å². The Bertz CT molecular complexity index is 378. The van der Waals surface area contributed by atoms with Crippen LogP contribution < -0.4 is 5.32 Å². The Morgan fingerprint density at radius 1 is 1.27 bits per heavy atom. The van der Waals surface area contributed by atoms with Gasteiger partial charge in [-0.05, 0) is 25.5 Å². The number of carbonyl (C=O) groups is 1. The first-order valence-electron chi connectivity index (χ1n) is 5.06. The minimum absolute atomic E-state index is 0.0105. The predicted molar refractivity (Wildman–Crippen MR) is 61.8 cm³/mol. The summed E-state index contributed by atoms with van der Waals surface area (Å²) in [6.07, 6.45) is 0. The molecule has 1 aromatic rings. The Labute approximate surface area is 90.9 Å². The molecule has 3 heteroatoms. The van der Waals surface area contributed by atoms with Gasteiger partial charge in [0.2, 0.25) is 5.91 Å². The normalized spacial score (nSPS) is 11.3. The lowest BCUT2D eigenvalue weighted by Gasteiger charge is -2.18. The number of nitrogens with one attached hydrogen (secondary N) is 1. The average Bonchev–Trinajstić information content (AvgIpc) is 2.09. The van der Waals surface area contributed by atoms with Crippen LogP contribution in [0.4, 0.5) is 5.82 Å². The Balaban J connectivity index is 2.90. The topological polar surface area (TPSA) is 42.0 Å². The SMILES string of the molecule is Cc1ccc(C)c(NC(=O)C(C)(C)C)n1. The lowest BCUT2D eigenvalue weighted by atomic mass is 9.95. The molecule has 0 radical (unpaired) electrons. The van der Waals surface area contributed by atoms with Crippen molar-refractivity contribution in [1.29, 1.82) is 0 Å². The van der Waals surface area contributed by atoms with Crippen molar-refractivity contribution in [3.05, 3.63) is 23.4 Å². The molecule has 0 aromatic carbocycles. The summed E-state index contributed by atoms with van der Waals surface area (Å²) in [4.78, 5) is 16.0. The molecule has 0 unspecified atom stereocenters. The first-order chi connectivity index (χ1) is 6.80. The summed E-state index contributed by atoms with van der Waals surface area (Å²) in [5, 5.41) is 2.84. The van der Waals surface area contributed by atoms with E-state index in [0.717, 1.165) is 11.3 Å². The molecule has 3 nitrogen and oxygen atoms in total. The van der Waals surface area contributed by atoms with Crippen LogP contribution in [0.5, 0.6) is 0 Å². The van der Waals surface area contributed by atoms with Gasteiger partial charge in [0.25, 0.3) is 0 Å². The largest absolute Gasteiger partial charge is 0.310 e. The van der Waals surface area contributed by atoms with E-state index in [0.29, 0.717) is 5.82 Å². The number of anilines is 1. The summed E-state index contributed by atoms with van der Waals surface area (Å²) in [6, 6.07) is 3.89. The van der Waals surface area contributed by atoms with Crippen molar-refractivity contribution in [3.63, 3.8) is 0 Å². The Kier molecular flexibility index (Phi) is 3.12. The molecule has 82 valence electrons. The second kappa shape index (κ2) is 4.01. The minimum atomic E-state index is -0.391. The van der Waals surface area contributed by atoms with Crippen LogP contribution in [0, 0.1) is 19.3 Å². The third-order valence-electron chi connectivity index (χ3n) is 2.15. The van der Waals surface area contributed by atoms with Crippen molar-refractivity contribution in [2.45, 2.75) is 34.6 Å². The van der Waals surface area contributed by atoms with Crippen molar-refractivity contribution in [1.82, 2.24) is 4.98 Å². The van der Waals surface area contributed by atoms with Gasteiger partial charge in [0.05, 0.1) is 0 Å². The van der Waals surface area contributed by atoms with E-state index in [2.05, 4.69) is 10.3 Å². The Morgan fingerprint density at radius 2 is 1.87 bits per heavy atom. The molecule has 0 aliphatic rings. The molecule has 15 heavy (non-hydrogen) atoms. The molecule has 0 bridgehead atoms. The first kappa shape index (κ1) is 11.7. The summed E-state index contributed by atoms with van der Waals surface area (Å²) >= 11 is 0. The number of amides is 1. The molecule has 0 atom stereocenters. The minimum Gasteiger partial charge on any atom is -0.310 e. The zero-order chi connectivity index (χ0) is 11.6. The summed E-state index contributed by atoms with van der Waals surface area (Å²) in [6.45, 7) is 9.49. The van der Waals surface area contributed by atoms with Gasteiger partial charge in [-0.2, -0.15) is 0 Å². The Morgan fingerprint density at radius 3 is 2.40 bits per heavy atom. The molecule has 1 heterocycles. The van der Waals surface area contributed by atoms with Crippen LogP contribution in [0.3, 0.4) is 0 Å². The fourth-order valence-electron chi connectivity index (χ4n) is 1.05. The van der Waals surface area contributed by atoms with E-state index in [9.17, 15) is 4.79 Å². The Hall–Kier alpha value is -1.38. The maximum Gasteiger partial charge on any atom is 0.230 e. The van der Waals surface area contributed by atoms with Crippen LogP contribution >= 0.6 is 0 Å². The summed E-state index contributed by atoms with van der Waals surface area (Å²) in [7, 11) is 0. The van der Waals surface area contributed by atoms with E-state index >= 15 is 0 Å². The molecule has 0 fully saturated rings. The van der Waals surface area contributed by atoms with Gasteiger partial charge in [0, 0.05) is 11.1 Å². The third-order valence-corrected chi connectivity index (χ3v) is 2.15. The van der Waals surface area contributed by atoms with Crippen molar-refractivity contribution in [2.75, 3.05) is 5.32 Å². The molecule has 1 aromatic heterocycles. The molecule has 1 rings (SSSR count). The van der Waals surface area contributed by atoms with Gasteiger partial charge in [-0.1, -0.05) is 26.8 Å². The fraction of sp³-hybridized carbons (Fsp3) is 0.500. The molecule has 0 aliphatic carbocycles. The summed E-state index contributed by atoms with van der Waals surface area (Å²) < 4.78 is 0. The second-order valence-corrected chi connectivity index (χ2v) is 4.82. The smallest absolute Gasteiger partial charge is 0.230 e. The van der Waals surface area contributed by atoms with Crippen LogP contribution in [0.25, 0.3) is 0 Å². The molecule has 0 aliphatic heterocycles. The van der Waals surface area contributed by atoms with Crippen LogP contribution in [0.1, 0.15) is 32.0 Å². The van der Waals surface area contributed by atoms with E-state index in [-0.39, 0.29) is 5.91 Å². The lowest BCUT2D eigenvalue weighted by Crippen LogP contribution is -2.28. The number of hydrogen-bond acceptors (Lipinski definition) is 2. The predicted octanol–water partition coefficient (Wildman–Crippen LogP) is 2.68. The third kappa shape index (κ3) is 3.05. The number of aromatic nitrogens is 1. The van der Waals surface area contributed by atoms with Crippen molar-refractivity contribution >= 4 is 11.7 Å². The maximum absolute atomic E-state index is 11.7. The molecular weight excluding hydrogens is 188 g/mol. The highest BCUT2D eigenvalue weighted by molar-refractivity contribution is 5.94. The maximum atomic E-state index is 11.7. The highest BCUT2D eigenvalue weighted by Crippen LogP contribution is 2.18. The van der Waals surface area contributed by atoms with Crippen molar-refractivity contribution < 1.29 is 4.79 Å². The number of carbonyl (C=O) groups excluding carboxylic acids is 1. The van der Waals surface area contributed by atoms with E-state index in [1.807, 2.05) is 46.8 Å². The lowest BCUT2D eigenvalue weighted by molar-refractivity contribution is -0.123. The van der Waals surface area contributed by atoms with Crippen LogP contribution in [-0.2, 0) is 4.79 Å². The van der Waals surface area contributed by atoms with E-state index < -0.39 is 5.41 Å². The average molecular weight is 206 g/mol. The highest BCUT2D eigenvalue weighted by atomic mass is 16.2. The van der Waals surface area contributed by atoms with E-state index in [4.69, 9.17) is 0 Å². The monoisotopic (exact) mass is 206 g/mol. The zero-order valence-corrected chi connectivity index (χ0v) is 10.0. The number of rotatable bonds is 1. The van der Waals surface area contributed by atoms with Gasteiger partial charge < -0.3 is 5.32 Å². The molecule has 0 saturated heterocycles. The quantitative estimate of drug-likeness (QED) is 0.767. The van der Waals surface area contributed by atoms with Crippen molar-refractivity contribution in [3.8, 4) is 0 Å². The number of nitrogens with zero attached hydrogens (tertiary/aromatic N) is 1. The number of pyridine rings is 1.